The lowest BCUT2D eigenvalue weighted by Crippen LogP contribution is -2.31. The second-order valence-electron chi connectivity index (χ2n) is 3.95. The third-order valence-corrected chi connectivity index (χ3v) is 2.70. The van der Waals surface area contributed by atoms with Gasteiger partial charge in [0.2, 0.25) is 5.91 Å². The number of nitrogens with zero attached hydrogens (tertiary/aromatic N) is 1. The first-order valence-corrected chi connectivity index (χ1v) is 6.21. The molecule has 0 unspecified atom stereocenters. The summed E-state index contributed by atoms with van der Waals surface area (Å²) in [4.78, 5) is 25.0. The summed E-state index contributed by atoms with van der Waals surface area (Å²) in [5.41, 5.74) is 0.959. The van der Waals surface area contributed by atoms with E-state index >= 15 is 0 Å². The zero-order valence-electron chi connectivity index (χ0n) is 10.9. The summed E-state index contributed by atoms with van der Waals surface area (Å²) in [5, 5.41) is 0. The predicted octanol–water partition coefficient (Wildman–Crippen LogP) is 2.53. The summed E-state index contributed by atoms with van der Waals surface area (Å²) in [6, 6.07) is 9.56. The van der Waals surface area contributed by atoms with Gasteiger partial charge < -0.3 is 4.90 Å². The number of rotatable bonds is 6. The van der Waals surface area contributed by atoms with Crippen molar-refractivity contribution in [3.63, 3.8) is 0 Å². The van der Waals surface area contributed by atoms with Crippen LogP contribution in [-0.4, -0.2) is 29.7 Å². The van der Waals surface area contributed by atoms with Crippen molar-refractivity contribution >= 4 is 17.8 Å². The van der Waals surface area contributed by atoms with Gasteiger partial charge in [0, 0.05) is 13.1 Å². The Hall–Kier alpha value is -1.90. The van der Waals surface area contributed by atoms with Gasteiger partial charge in [0.15, 0.2) is 5.78 Å². The molecule has 1 rings (SSSR count). The van der Waals surface area contributed by atoms with Gasteiger partial charge in [0.25, 0.3) is 0 Å². The first-order valence-electron chi connectivity index (χ1n) is 6.21. The Morgan fingerprint density at radius 2 is 1.72 bits per heavy atom. The lowest BCUT2D eigenvalue weighted by atomic mass is 10.1. The molecule has 0 spiro atoms. The van der Waals surface area contributed by atoms with Crippen molar-refractivity contribution in [1.82, 2.24) is 4.90 Å². The van der Waals surface area contributed by atoms with Gasteiger partial charge in [-0.3, -0.25) is 9.59 Å². The number of carbonyl (C=O) groups is 2. The molecular formula is C15H19NO2. The zero-order chi connectivity index (χ0) is 13.4. The monoisotopic (exact) mass is 245 g/mol. The van der Waals surface area contributed by atoms with Crippen molar-refractivity contribution in [2.75, 3.05) is 13.1 Å². The molecule has 0 aliphatic heterocycles. The number of hydrogen-bond donors (Lipinski definition) is 0. The minimum atomic E-state index is -0.157. The van der Waals surface area contributed by atoms with E-state index in [1.54, 1.807) is 11.0 Å². The highest BCUT2D eigenvalue weighted by Gasteiger charge is 2.12. The molecule has 3 heteroatoms. The Bertz CT molecular complexity index is 419. The first kappa shape index (κ1) is 14.2. The molecule has 3 nitrogen and oxygen atoms in total. The van der Waals surface area contributed by atoms with Gasteiger partial charge in [0.1, 0.15) is 0 Å². The quantitative estimate of drug-likeness (QED) is 0.570. The molecule has 0 aromatic heterocycles. The van der Waals surface area contributed by atoms with Gasteiger partial charge >= 0.3 is 0 Å². The van der Waals surface area contributed by atoms with Crippen LogP contribution in [0.2, 0.25) is 0 Å². The fraction of sp³-hybridized carbons (Fsp3) is 0.333. The molecule has 0 fully saturated rings. The molecule has 0 radical (unpaired) electrons. The van der Waals surface area contributed by atoms with Gasteiger partial charge in [-0.05, 0) is 25.5 Å². The van der Waals surface area contributed by atoms with E-state index in [1.165, 1.54) is 6.08 Å². The summed E-state index contributed by atoms with van der Waals surface area (Å²) < 4.78 is 0. The molecule has 0 N–H and O–H groups in total. The highest BCUT2D eigenvalue weighted by atomic mass is 16.2. The third-order valence-electron chi connectivity index (χ3n) is 2.70. The molecule has 1 aromatic carbocycles. The Kier molecular flexibility index (Phi) is 5.85. The topological polar surface area (TPSA) is 37.4 Å². The maximum atomic E-state index is 11.7. The average Bonchev–Trinajstić information content (AvgIpc) is 2.39. The van der Waals surface area contributed by atoms with Crippen LogP contribution in [0.25, 0.3) is 6.08 Å². The normalized spacial score (nSPS) is 10.6. The number of benzene rings is 1. The summed E-state index contributed by atoms with van der Waals surface area (Å²) in [6.45, 7) is 5.10. The average molecular weight is 245 g/mol. The number of allylic oxidation sites excluding steroid dienone is 1. The van der Waals surface area contributed by atoms with Gasteiger partial charge in [-0.25, -0.2) is 0 Å². The number of amides is 1. The van der Waals surface area contributed by atoms with Crippen molar-refractivity contribution in [2.45, 2.75) is 20.3 Å². The lowest BCUT2D eigenvalue weighted by Gasteiger charge is -2.17. The molecule has 0 bridgehead atoms. The van der Waals surface area contributed by atoms with Gasteiger partial charge in [-0.1, -0.05) is 36.4 Å². The van der Waals surface area contributed by atoms with Crippen LogP contribution in [-0.2, 0) is 9.59 Å². The molecule has 0 aliphatic carbocycles. The minimum absolute atomic E-state index is 0.0506. The van der Waals surface area contributed by atoms with Gasteiger partial charge in [-0.15, -0.1) is 0 Å². The van der Waals surface area contributed by atoms with Gasteiger partial charge in [0.05, 0.1) is 6.42 Å². The molecule has 1 amide bonds. The van der Waals surface area contributed by atoms with Crippen LogP contribution < -0.4 is 0 Å². The Labute approximate surface area is 108 Å². The molecule has 18 heavy (non-hydrogen) atoms. The maximum Gasteiger partial charge on any atom is 0.230 e. The molecule has 0 heterocycles. The van der Waals surface area contributed by atoms with E-state index in [-0.39, 0.29) is 18.1 Å². The predicted molar refractivity (Wildman–Crippen MR) is 73.0 cm³/mol. The van der Waals surface area contributed by atoms with Crippen molar-refractivity contribution in [1.29, 1.82) is 0 Å². The van der Waals surface area contributed by atoms with E-state index in [4.69, 9.17) is 0 Å². The van der Waals surface area contributed by atoms with Crippen LogP contribution in [0.1, 0.15) is 25.8 Å². The van der Waals surface area contributed by atoms with Crippen molar-refractivity contribution in [3.05, 3.63) is 42.0 Å². The molecule has 96 valence electrons. The minimum Gasteiger partial charge on any atom is -0.343 e. The summed E-state index contributed by atoms with van der Waals surface area (Å²) in [5.74, 6) is -0.265. The Balaban J connectivity index is 2.52. The van der Waals surface area contributed by atoms with E-state index in [2.05, 4.69) is 0 Å². The van der Waals surface area contributed by atoms with E-state index < -0.39 is 0 Å². The summed E-state index contributed by atoms with van der Waals surface area (Å²) in [6.07, 6.45) is 3.15. The van der Waals surface area contributed by atoms with Crippen LogP contribution in [0.4, 0.5) is 0 Å². The molecule has 0 aliphatic rings. The molecule has 1 aromatic rings. The fourth-order valence-electron chi connectivity index (χ4n) is 1.65. The largest absolute Gasteiger partial charge is 0.343 e. The summed E-state index contributed by atoms with van der Waals surface area (Å²) in [7, 11) is 0. The molecule has 0 atom stereocenters. The fourth-order valence-corrected chi connectivity index (χ4v) is 1.65. The van der Waals surface area contributed by atoms with Crippen LogP contribution in [0.5, 0.6) is 0 Å². The number of carbonyl (C=O) groups excluding carboxylic acids is 2. The summed E-state index contributed by atoms with van der Waals surface area (Å²) >= 11 is 0. The Morgan fingerprint density at radius 1 is 1.11 bits per heavy atom. The van der Waals surface area contributed by atoms with E-state index in [9.17, 15) is 9.59 Å². The number of ketones is 1. The van der Waals surface area contributed by atoms with Crippen LogP contribution in [0.15, 0.2) is 36.4 Å². The van der Waals surface area contributed by atoms with Crippen molar-refractivity contribution in [2.24, 2.45) is 0 Å². The maximum absolute atomic E-state index is 11.7. The SMILES string of the molecule is CCN(CC)C(=O)CC(=O)C=Cc1ccccc1. The van der Waals surface area contributed by atoms with Crippen LogP contribution in [0, 0.1) is 0 Å². The van der Waals surface area contributed by atoms with E-state index in [1.807, 2.05) is 44.2 Å². The van der Waals surface area contributed by atoms with Crippen molar-refractivity contribution < 1.29 is 9.59 Å². The second-order valence-corrected chi connectivity index (χ2v) is 3.95. The van der Waals surface area contributed by atoms with Crippen LogP contribution in [0.3, 0.4) is 0 Å². The van der Waals surface area contributed by atoms with E-state index in [0.717, 1.165) is 5.56 Å². The number of hydrogen-bond acceptors (Lipinski definition) is 2. The Morgan fingerprint density at radius 3 is 2.28 bits per heavy atom. The van der Waals surface area contributed by atoms with Gasteiger partial charge in [-0.2, -0.15) is 0 Å². The highest BCUT2D eigenvalue weighted by molar-refractivity contribution is 6.05. The highest BCUT2D eigenvalue weighted by Crippen LogP contribution is 2.02. The van der Waals surface area contributed by atoms with E-state index in [0.29, 0.717) is 13.1 Å². The van der Waals surface area contributed by atoms with Crippen LogP contribution >= 0.6 is 0 Å². The smallest absolute Gasteiger partial charge is 0.230 e. The zero-order valence-corrected chi connectivity index (χ0v) is 10.9. The molecule has 0 saturated carbocycles. The standard InChI is InChI=1S/C15H19NO2/c1-3-16(4-2)15(18)12-14(17)11-10-13-8-6-5-7-9-13/h5-11H,3-4,12H2,1-2H3. The van der Waals surface area contributed by atoms with Crippen molar-refractivity contribution in [3.8, 4) is 0 Å². The lowest BCUT2D eigenvalue weighted by molar-refractivity contribution is -0.133. The second kappa shape index (κ2) is 7.43. The first-order chi connectivity index (χ1) is 8.67. The molecular weight excluding hydrogens is 226 g/mol. The molecule has 0 saturated heterocycles. The third kappa shape index (κ3) is 4.53.